The highest BCUT2D eigenvalue weighted by atomic mass is 79.9. The topological polar surface area (TPSA) is 32.8 Å². The Kier molecular flexibility index (Phi) is 6.19. The van der Waals surface area contributed by atoms with E-state index in [-0.39, 0.29) is 6.09 Å². The van der Waals surface area contributed by atoms with E-state index < -0.39 is 5.60 Å². The van der Waals surface area contributed by atoms with Crippen LogP contribution in [0, 0.1) is 0 Å². The van der Waals surface area contributed by atoms with Crippen LogP contribution in [0.25, 0.3) is 6.08 Å². The fraction of sp³-hybridized carbons (Fsp3) is 0.591. The Morgan fingerprint density at radius 2 is 2.04 bits per heavy atom. The summed E-state index contributed by atoms with van der Waals surface area (Å²) in [6.45, 7) is 10.8. The minimum Gasteiger partial charge on any atom is -0.443 e. The summed E-state index contributed by atoms with van der Waals surface area (Å²) in [5.41, 5.74) is 4.80. The standard InChI is InChI=1S/C22H31BrN2O2/c1-5-6-11-24-12-7-8-17-15-16-9-13-25(21(26)27-22(2,3)4)14-10-18(16)19(23)20(17)24/h9,13,15H,5-8,10-12,14H2,1-4H3. The van der Waals surface area contributed by atoms with E-state index in [1.807, 2.05) is 27.0 Å². The highest BCUT2D eigenvalue weighted by molar-refractivity contribution is 9.10. The van der Waals surface area contributed by atoms with E-state index in [0.29, 0.717) is 6.54 Å². The molecule has 2 aliphatic heterocycles. The monoisotopic (exact) mass is 434 g/mol. The van der Waals surface area contributed by atoms with Crippen molar-refractivity contribution in [1.82, 2.24) is 4.90 Å². The van der Waals surface area contributed by atoms with Gasteiger partial charge in [0.05, 0.1) is 5.69 Å². The van der Waals surface area contributed by atoms with Crippen molar-refractivity contribution in [1.29, 1.82) is 0 Å². The molecule has 4 nitrogen and oxygen atoms in total. The van der Waals surface area contributed by atoms with E-state index in [4.69, 9.17) is 4.74 Å². The van der Waals surface area contributed by atoms with Gasteiger partial charge < -0.3 is 9.64 Å². The summed E-state index contributed by atoms with van der Waals surface area (Å²) in [6, 6.07) is 2.32. The van der Waals surface area contributed by atoms with Crippen molar-refractivity contribution in [3.63, 3.8) is 0 Å². The smallest absolute Gasteiger partial charge is 0.414 e. The van der Waals surface area contributed by atoms with Crippen LogP contribution in [-0.4, -0.2) is 36.2 Å². The summed E-state index contributed by atoms with van der Waals surface area (Å²) in [6.07, 6.45) is 9.22. The predicted molar refractivity (Wildman–Crippen MR) is 115 cm³/mol. The Balaban J connectivity index is 1.87. The number of benzene rings is 1. The van der Waals surface area contributed by atoms with E-state index in [9.17, 15) is 4.79 Å². The van der Waals surface area contributed by atoms with Crippen molar-refractivity contribution in [3.05, 3.63) is 33.4 Å². The van der Waals surface area contributed by atoms with E-state index in [1.165, 1.54) is 46.1 Å². The highest BCUT2D eigenvalue weighted by Gasteiger charge is 2.26. The van der Waals surface area contributed by atoms with Gasteiger partial charge in [-0.3, -0.25) is 4.90 Å². The number of unbranched alkanes of at least 4 members (excludes halogenated alkanes) is 1. The molecular formula is C22H31BrN2O2. The van der Waals surface area contributed by atoms with E-state index in [1.54, 1.807) is 4.90 Å². The maximum absolute atomic E-state index is 12.5. The Morgan fingerprint density at radius 1 is 1.26 bits per heavy atom. The normalized spacial score (nSPS) is 16.6. The number of ether oxygens (including phenoxy) is 1. The first-order chi connectivity index (χ1) is 12.8. The van der Waals surface area contributed by atoms with Crippen molar-refractivity contribution in [2.24, 2.45) is 0 Å². The van der Waals surface area contributed by atoms with Crippen molar-refractivity contribution >= 4 is 33.8 Å². The van der Waals surface area contributed by atoms with Crippen LogP contribution in [0.15, 0.2) is 16.7 Å². The predicted octanol–water partition coefficient (Wildman–Crippen LogP) is 5.77. The zero-order valence-corrected chi connectivity index (χ0v) is 18.6. The molecule has 1 aromatic carbocycles. The molecule has 0 fully saturated rings. The molecule has 5 heteroatoms. The molecule has 0 spiro atoms. The van der Waals surface area contributed by atoms with Gasteiger partial charge in [0, 0.05) is 30.3 Å². The Labute approximate surface area is 171 Å². The third-order valence-corrected chi connectivity index (χ3v) is 5.95. The minimum atomic E-state index is -0.483. The first kappa shape index (κ1) is 20.2. The summed E-state index contributed by atoms with van der Waals surface area (Å²) in [5, 5.41) is 0. The van der Waals surface area contributed by atoms with Crippen LogP contribution >= 0.6 is 15.9 Å². The van der Waals surface area contributed by atoms with Gasteiger partial charge >= 0.3 is 6.09 Å². The zero-order valence-electron chi connectivity index (χ0n) is 17.0. The van der Waals surface area contributed by atoms with Gasteiger partial charge in [-0.05, 0) is 91.2 Å². The molecule has 0 bridgehead atoms. The lowest BCUT2D eigenvalue weighted by molar-refractivity contribution is 0.0339. The lowest BCUT2D eigenvalue weighted by Gasteiger charge is -2.33. The van der Waals surface area contributed by atoms with Crippen LogP contribution in [0.5, 0.6) is 0 Å². The van der Waals surface area contributed by atoms with Gasteiger partial charge in [0.1, 0.15) is 5.60 Å². The molecule has 0 aliphatic carbocycles. The number of carbonyl (C=O) groups excluding carboxylic acids is 1. The number of hydrogen-bond donors (Lipinski definition) is 0. The van der Waals surface area contributed by atoms with Gasteiger partial charge in [-0.2, -0.15) is 0 Å². The van der Waals surface area contributed by atoms with Crippen LogP contribution in [0.1, 0.15) is 63.6 Å². The molecule has 0 saturated heterocycles. The molecule has 27 heavy (non-hydrogen) atoms. The number of nitrogens with zero attached hydrogens (tertiary/aromatic N) is 2. The van der Waals surface area contributed by atoms with Gasteiger partial charge in [0.25, 0.3) is 0 Å². The summed E-state index contributed by atoms with van der Waals surface area (Å²) in [4.78, 5) is 16.7. The number of hydrogen-bond acceptors (Lipinski definition) is 3. The van der Waals surface area contributed by atoms with Gasteiger partial charge in [-0.15, -0.1) is 0 Å². The maximum atomic E-state index is 12.5. The third-order valence-electron chi connectivity index (χ3n) is 5.09. The Hall–Kier alpha value is -1.49. The molecule has 1 amide bonds. The molecule has 3 rings (SSSR count). The number of aryl methyl sites for hydroxylation is 1. The van der Waals surface area contributed by atoms with E-state index in [2.05, 4.69) is 39.9 Å². The average Bonchev–Trinajstić information content (AvgIpc) is 2.81. The van der Waals surface area contributed by atoms with Crippen LogP contribution in [0.4, 0.5) is 10.5 Å². The number of rotatable bonds is 3. The maximum Gasteiger partial charge on any atom is 0.414 e. The summed E-state index contributed by atoms with van der Waals surface area (Å²) >= 11 is 3.92. The summed E-state index contributed by atoms with van der Waals surface area (Å²) < 4.78 is 6.75. The molecule has 0 unspecified atom stereocenters. The molecule has 2 heterocycles. The number of halogens is 1. The lowest BCUT2D eigenvalue weighted by Crippen LogP contribution is -2.34. The molecule has 2 aliphatic rings. The van der Waals surface area contributed by atoms with Crippen molar-refractivity contribution in [3.8, 4) is 0 Å². The van der Waals surface area contributed by atoms with Gasteiger partial charge in [-0.1, -0.05) is 13.3 Å². The second-order valence-corrected chi connectivity index (χ2v) is 9.24. The largest absolute Gasteiger partial charge is 0.443 e. The van der Waals surface area contributed by atoms with Crippen LogP contribution in [0.2, 0.25) is 0 Å². The van der Waals surface area contributed by atoms with E-state index >= 15 is 0 Å². The minimum absolute atomic E-state index is 0.281. The van der Waals surface area contributed by atoms with Gasteiger partial charge in [-0.25, -0.2) is 4.79 Å². The van der Waals surface area contributed by atoms with Crippen LogP contribution < -0.4 is 4.90 Å². The van der Waals surface area contributed by atoms with Crippen molar-refractivity contribution in [2.75, 3.05) is 24.5 Å². The fourth-order valence-electron chi connectivity index (χ4n) is 3.78. The van der Waals surface area contributed by atoms with Crippen molar-refractivity contribution < 1.29 is 9.53 Å². The molecule has 0 radical (unpaired) electrons. The molecular weight excluding hydrogens is 404 g/mol. The molecule has 0 aromatic heterocycles. The number of anilines is 1. The Bertz CT molecular complexity index is 737. The van der Waals surface area contributed by atoms with Crippen LogP contribution in [-0.2, 0) is 17.6 Å². The fourth-order valence-corrected chi connectivity index (χ4v) is 4.72. The second-order valence-electron chi connectivity index (χ2n) is 8.45. The SMILES string of the molecule is CCCCN1CCCc2cc3c(c(Br)c21)CCN(C(=O)OC(C)(C)C)C=C3. The number of fused-ring (bicyclic) bond motifs is 2. The van der Waals surface area contributed by atoms with Crippen LogP contribution in [0.3, 0.4) is 0 Å². The zero-order chi connectivity index (χ0) is 19.6. The molecule has 1 aromatic rings. The molecule has 0 atom stereocenters. The Morgan fingerprint density at radius 3 is 2.74 bits per heavy atom. The average molecular weight is 435 g/mol. The molecule has 148 valence electrons. The van der Waals surface area contributed by atoms with Gasteiger partial charge in [0.2, 0.25) is 0 Å². The quantitative estimate of drug-likeness (QED) is 0.605. The second kappa shape index (κ2) is 8.26. The third kappa shape index (κ3) is 4.68. The first-order valence-electron chi connectivity index (χ1n) is 10.1. The summed E-state index contributed by atoms with van der Waals surface area (Å²) in [5.74, 6) is 0. The van der Waals surface area contributed by atoms with E-state index in [0.717, 1.165) is 25.9 Å². The first-order valence-corrected chi connectivity index (χ1v) is 10.9. The summed E-state index contributed by atoms with van der Waals surface area (Å²) in [7, 11) is 0. The lowest BCUT2D eigenvalue weighted by atomic mass is 9.94. The molecule has 0 N–H and O–H groups in total. The highest BCUT2D eigenvalue weighted by Crippen LogP contribution is 2.40. The van der Waals surface area contributed by atoms with Crippen molar-refractivity contribution in [2.45, 2.75) is 65.4 Å². The van der Waals surface area contributed by atoms with Gasteiger partial charge in [0.15, 0.2) is 0 Å². The molecule has 0 saturated carbocycles. The number of amides is 1. The number of carbonyl (C=O) groups is 1.